The van der Waals surface area contributed by atoms with E-state index in [0.29, 0.717) is 12.2 Å². The van der Waals surface area contributed by atoms with Crippen LogP contribution in [0.15, 0.2) is 42.5 Å². The fourth-order valence-electron chi connectivity index (χ4n) is 2.62. The van der Waals surface area contributed by atoms with Crippen molar-refractivity contribution in [1.82, 2.24) is 15.0 Å². The molecule has 4 heteroatoms. The van der Waals surface area contributed by atoms with Crippen LogP contribution in [0.3, 0.4) is 0 Å². The molecule has 0 atom stereocenters. The number of nitriles is 1. The molecule has 0 amide bonds. The van der Waals surface area contributed by atoms with Crippen molar-refractivity contribution in [2.75, 3.05) is 0 Å². The van der Waals surface area contributed by atoms with Gasteiger partial charge in [-0.2, -0.15) is 5.26 Å². The second kappa shape index (κ2) is 6.05. The maximum Gasteiger partial charge on any atom is 0.190 e. The summed E-state index contributed by atoms with van der Waals surface area (Å²) >= 11 is 0. The molecule has 3 rings (SSSR count). The van der Waals surface area contributed by atoms with Gasteiger partial charge in [0.25, 0.3) is 0 Å². The van der Waals surface area contributed by atoms with Crippen molar-refractivity contribution in [1.29, 1.82) is 5.26 Å². The summed E-state index contributed by atoms with van der Waals surface area (Å²) < 4.78 is 1.81. The molecule has 3 aromatic rings. The topological polar surface area (TPSA) is 54.5 Å². The number of rotatable bonds is 3. The highest BCUT2D eigenvalue weighted by Crippen LogP contribution is 2.25. The Kier molecular flexibility index (Phi) is 3.94. The van der Waals surface area contributed by atoms with Crippen molar-refractivity contribution >= 4 is 0 Å². The number of aryl methyl sites for hydroxylation is 3. The largest absolute Gasteiger partial charge is 0.239 e. The van der Waals surface area contributed by atoms with E-state index in [1.54, 1.807) is 0 Å². The number of hydrogen-bond donors (Lipinski definition) is 0. The molecule has 114 valence electrons. The first-order chi connectivity index (χ1) is 11.1. The first kappa shape index (κ1) is 15.0. The van der Waals surface area contributed by atoms with E-state index in [4.69, 9.17) is 0 Å². The fraction of sp³-hybridized carbons (Fsp3) is 0.211. The lowest BCUT2D eigenvalue weighted by Crippen LogP contribution is -2.06. The van der Waals surface area contributed by atoms with Gasteiger partial charge >= 0.3 is 0 Å². The predicted molar refractivity (Wildman–Crippen MR) is 89.9 cm³/mol. The summed E-state index contributed by atoms with van der Waals surface area (Å²) in [6.45, 7) is 6.82. The van der Waals surface area contributed by atoms with Crippen LogP contribution < -0.4 is 0 Å². The molecule has 0 saturated carbocycles. The quantitative estimate of drug-likeness (QED) is 0.739. The van der Waals surface area contributed by atoms with E-state index in [0.717, 1.165) is 11.3 Å². The Labute approximate surface area is 136 Å². The van der Waals surface area contributed by atoms with Crippen molar-refractivity contribution in [3.63, 3.8) is 0 Å². The van der Waals surface area contributed by atoms with Gasteiger partial charge in [-0.15, -0.1) is 5.10 Å². The zero-order chi connectivity index (χ0) is 16.4. The molecule has 0 radical (unpaired) electrons. The molecule has 1 heterocycles. The number of nitrogens with zero attached hydrogens (tertiary/aromatic N) is 4. The van der Waals surface area contributed by atoms with Gasteiger partial charge in [0.05, 0.1) is 6.54 Å². The molecule has 0 aliphatic heterocycles. The van der Waals surface area contributed by atoms with Crippen LogP contribution in [0.4, 0.5) is 0 Å². The Hall–Kier alpha value is -2.93. The Balaban J connectivity index is 2.09. The van der Waals surface area contributed by atoms with Gasteiger partial charge in [-0.05, 0) is 49.1 Å². The summed E-state index contributed by atoms with van der Waals surface area (Å²) in [5.74, 6) is 0. The second-order valence-corrected chi connectivity index (χ2v) is 5.78. The highest BCUT2D eigenvalue weighted by molar-refractivity contribution is 5.66. The first-order valence-corrected chi connectivity index (χ1v) is 7.56. The lowest BCUT2D eigenvalue weighted by Gasteiger charge is -2.10. The predicted octanol–water partition coefficient (Wildman–Crippen LogP) is 3.79. The van der Waals surface area contributed by atoms with E-state index < -0.39 is 0 Å². The van der Waals surface area contributed by atoms with Crippen LogP contribution >= 0.6 is 0 Å². The van der Waals surface area contributed by atoms with Gasteiger partial charge < -0.3 is 0 Å². The molecular formula is C19H18N4. The normalized spacial score (nSPS) is 10.5. The van der Waals surface area contributed by atoms with Crippen molar-refractivity contribution in [2.45, 2.75) is 27.3 Å². The van der Waals surface area contributed by atoms with Gasteiger partial charge in [-0.25, -0.2) is 4.68 Å². The van der Waals surface area contributed by atoms with Crippen LogP contribution in [-0.2, 0) is 6.54 Å². The fourth-order valence-corrected chi connectivity index (χ4v) is 2.62. The van der Waals surface area contributed by atoms with E-state index in [1.807, 2.05) is 22.9 Å². The van der Waals surface area contributed by atoms with E-state index >= 15 is 0 Å². The smallest absolute Gasteiger partial charge is 0.190 e. The van der Waals surface area contributed by atoms with Gasteiger partial charge in [0.1, 0.15) is 11.8 Å². The third-order valence-corrected chi connectivity index (χ3v) is 4.20. The third kappa shape index (κ3) is 2.86. The Bertz CT molecular complexity index is 900. The van der Waals surface area contributed by atoms with Gasteiger partial charge in [0.2, 0.25) is 0 Å². The van der Waals surface area contributed by atoms with Crippen molar-refractivity contribution in [2.24, 2.45) is 0 Å². The van der Waals surface area contributed by atoms with Gasteiger partial charge in [0, 0.05) is 5.56 Å². The summed E-state index contributed by atoms with van der Waals surface area (Å²) in [5, 5.41) is 17.6. The minimum Gasteiger partial charge on any atom is -0.239 e. The molecule has 0 saturated heterocycles. The van der Waals surface area contributed by atoms with E-state index in [9.17, 15) is 5.26 Å². The number of benzene rings is 2. The van der Waals surface area contributed by atoms with Crippen molar-refractivity contribution < 1.29 is 0 Å². The molecule has 0 aliphatic carbocycles. The monoisotopic (exact) mass is 302 g/mol. The van der Waals surface area contributed by atoms with Crippen molar-refractivity contribution in [3.05, 3.63) is 70.4 Å². The SMILES string of the molecule is Cc1ccc(-c2c(C#N)nnn2Cc2ccccc2C)cc1C. The molecule has 0 spiro atoms. The summed E-state index contributed by atoms with van der Waals surface area (Å²) in [5.41, 5.74) is 6.91. The first-order valence-electron chi connectivity index (χ1n) is 7.56. The third-order valence-electron chi connectivity index (χ3n) is 4.20. The maximum atomic E-state index is 9.37. The summed E-state index contributed by atoms with van der Waals surface area (Å²) in [7, 11) is 0. The maximum absolute atomic E-state index is 9.37. The van der Waals surface area contributed by atoms with Crippen LogP contribution in [0, 0.1) is 32.1 Å². The molecule has 0 fully saturated rings. The van der Waals surface area contributed by atoms with Crippen molar-refractivity contribution in [3.8, 4) is 17.3 Å². The number of hydrogen-bond acceptors (Lipinski definition) is 3. The molecule has 4 nitrogen and oxygen atoms in total. The molecule has 0 bridgehead atoms. The highest BCUT2D eigenvalue weighted by atomic mass is 15.4. The van der Waals surface area contributed by atoms with Crippen LogP contribution in [0.2, 0.25) is 0 Å². The molecule has 1 aromatic heterocycles. The Morgan fingerprint density at radius 3 is 2.48 bits per heavy atom. The lowest BCUT2D eigenvalue weighted by molar-refractivity contribution is 0.653. The Morgan fingerprint density at radius 1 is 1.00 bits per heavy atom. The van der Waals surface area contributed by atoms with Crippen LogP contribution in [-0.4, -0.2) is 15.0 Å². The summed E-state index contributed by atoms with van der Waals surface area (Å²) in [6, 6.07) is 16.5. The standard InChI is InChI=1S/C19H18N4/c1-13-8-9-16(10-15(13)3)19-18(11-20)21-22-23(19)12-17-7-5-4-6-14(17)2/h4-10H,12H2,1-3H3. The molecule has 0 unspecified atom stereocenters. The molecular weight excluding hydrogens is 284 g/mol. The van der Waals surface area contributed by atoms with E-state index in [2.05, 4.69) is 61.4 Å². The van der Waals surface area contributed by atoms with Crippen LogP contribution in [0.25, 0.3) is 11.3 Å². The highest BCUT2D eigenvalue weighted by Gasteiger charge is 2.16. The zero-order valence-electron chi connectivity index (χ0n) is 13.5. The molecule has 2 aromatic carbocycles. The molecule has 0 N–H and O–H groups in total. The lowest BCUT2D eigenvalue weighted by atomic mass is 10.0. The van der Waals surface area contributed by atoms with E-state index in [1.165, 1.54) is 22.3 Å². The van der Waals surface area contributed by atoms with E-state index in [-0.39, 0.29) is 0 Å². The average molecular weight is 302 g/mol. The zero-order valence-corrected chi connectivity index (χ0v) is 13.5. The van der Waals surface area contributed by atoms with Gasteiger partial charge in [-0.3, -0.25) is 0 Å². The summed E-state index contributed by atoms with van der Waals surface area (Å²) in [4.78, 5) is 0. The van der Waals surface area contributed by atoms with Crippen LogP contribution in [0.1, 0.15) is 27.9 Å². The molecule has 23 heavy (non-hydrogen) atoms. The molecule has 0 aliphatic rings. The summed E-state index contributed by atoms with van der Waals surface area (Å²) in [6.07, 6.45) is 0. The number of aromatic nitrogens is 3. The van der Waals surface area contributed by atoms with Crippen LogP contribution in [0.5, 0.6) is 0 Å². The second-order valence-electron chi connectivity index (χ2n) is 5.78. The average Bonchev–Trinajstić information content (AvgIpc) is 2.95. The minimum atomic E-state index is 0.363. The Morgan fingerprint density at radius 2 is 1.78 bits per heavy atom. The van der Waals surface area contributed by atoms with Gasteiger partial charge in [0.15, 0.2) is 5.69 Å². The minimum absolute atomic E-state index is 0.363. The van der Waals surface area contributed by atoms with Gasteiger partial charge in [-0.1, -0.05) is 41.6 Å².